The maximum Gasteiger partial charge on any atom is 0.418 e. The molecule has 0 fully saturated rings. The van der Waals surface area contributed by atoms with Gasteiger partial charge >= 0.3 is 6.18 Å². The van der Waals surface area contributed by atoms with E-state index in [1.54, 1.807) is 0 Å². The Bertz CT molecular complexity index is 971. The Morgan fingerprint density at radius 1 is 1.15 bits per heavy atom. The van der Waals surface area contributed by atoms with E-state index in [2.05, 4.69) is 0 Å². The van der Waals surface area contributed by atoms with Crippen LogP contribution in [0.15, 0.2) is 47.4 Å². The zero-order valence-corrected chi connectivity index (χ0v) is 14.5. The lowest BCUT2D eigenvalue weighted by Crippen LogP contribution is -2.25. The molecule has 1 aliphatic rings. The van der Waals surface area contributed by atoms with E-state index in [1.807, 2.05) is 4.72 Å². The number of sulfonamides is 1. The number of nitrogens with one attached hydrogen (secondary N) is 1. The van der Waals surface area contributed by atoms with Crippen molar-refractivity contribution in [1.29, 1.82) is 0 Å². The second kappa shape index (κ2) is 6.31. The maximum atomic E-state index is 13.1. The Labute approximate surface area is 148 Å². The summed E-state index contributed by atoms with van der Waals surface area (Å²) in [7, 11) is -4.21. The minimum absolute atomic E-state index is 0.154. The molecular weight excluding hydrogens is 369 g/mol. The Kier molecular flexibility index (Phi) is 4.43. The number of anilines is 2. The first-order valence-corrected chi connectivity index (χ1v) is 9.18. The first-order chi connectivity index (χ1) is 12.1. The van der Waals surface area contributed by atoms with Crippen LogP contribution >= 0.6 is 0 Å². The van der Waals surface area contributed by atoms with Crippen LogP contribution in [0.4, 0.5) is 24.5 Å². The van der Waals surface area contributed by atoms with Crippen molar-refractivity contribution in [3.05, 3.63) is 53.6 Å². The van der Waals surface area contributed by atoms with Gasteiger partial charge in [0.2, 0.25) is 5.91 Å². The van der Waals surface area contributed by atoms with Crippen molar-refractivity contribution >= 4 is 27.3 Å². The molecule has 0 spiro atoms. The Hall–Kier alpha value is -2.55. The summed E-state index contributed by atoms with van der Waals surface area (Å²) < 4.78 is 66.2. The average molecular weight is 384 g/mol. The highest BCUT2D eigenvalue weighted by Gasteiger charge is 2.34. The van der Waals surface area contributed by atoms with Crippen molar-refractivity contribution in [2.45, 2.75) is 24.4 Å². The van der Waals surface area contributed by atoms with Crippen LogP contribution in [-0.4, -0.2) is 20.9 Å². The third-order valence-corrected chi connectivity index (χ3v) is 5.48. The fraction of sp³-hybridized carbons (Fsp3) is 0.235. The lowest BCUT2D eigenvalue weighted by Gasteiger charge is -2.16. The zero-order valence-electron chi connectivity index (χ0n) is 13.7. The standard InChI is InChI=1S/C17H15F3N2O3S/c1-11(23)22-9-8-12-10-13(6-7-16(12)22)26(24,25)21-15-5-3-2-4-14(15)17(18,19)20/h2-7,10,21H,8-9H2,1H3. The quantitative estimate of drug-likeness (QED) is 0.882. The third-order valence-electron chi connectivity index (χ3n) is 4.11. The van der Waals surface area contributed by atoms with Gasteiger partial charge in [0.05, 0.1) is 16.1 Å². The number of carbonyl (C=O) groups excluding carboxylic acids is 1. The molecule has 2 aromatic rings. The van der Waals surface area contributed by atoms with Gasteiger partial charge in [-0.1, -0.05) is 12.1 Å². The fourth-order valence-corrected chi connectivity index (χ4v) is 4.03. The summed E-state index contributed by atoms with van der Waals surface area (Å²) >= 11 is 0. The lowest BCUT2D eigenvalue weighted by molar-refractivity contribution is -0.136. The monoisotopic (exact) mass is 384 g/mol. The average Bonchev–Trinajstić information content (AvgIpc) is 2.97. The van der Waals surface area contributed by atoms with E-state index in [4.69, 9.17) is 0 Å². The molecule has 0 aliphatic carbocycles. The van der Waals surface area contributed by atoms with Crippen LogP contribution in [0.1, 0.15) is 18.1 Å². The van der Waals surface area contributed by atoms with Crippen LogP contribution in [-0.2, 0) is 27.4 Å². The zero-order chi connectivity index (χ0) is 19.1. The van der Waals surface area contributed by atoms with Crippen LogP contribution in [0, 0.1) is 0 Å². The number of para-hydroxylation sites is 1. The van der Waals surface area contributed by atoms with Gasteiger partial charge in [0.1, 0.15) is 0 Å². The second-order valence-electron chi connectivity index (χ2n) is 5.86. The molecule has 0 radical (unpaired) electrons. The predicted octanol–water partition coefficient (Wildman–Crippen LogP) is 3.42. The summed E-state index contributed by atoms with van der Waals surface area (Å²) in [5.41, 5.74) is -0.322. The second-order valence-corrected chi connectivity index (χ2v) is 7.54. The number of rotatable bonds is 3. The van der Waals surface area contributed by atoms with E-state index in [9.17, 15) is 26.4 Å². The normalized spacial score (nSPS) is 14.2. The van der Waals surface area contributed by atoms with Crippen LogP contribution < -0.4 is 9.62 Å². The molecule has 0 saturated carbocycles. The Balaban J connectivity index is 1.95. The molecule has 1 heterocycles. The molecule has 9 heteroatoms. The summed E-state index contributed by atoms with van der Waals surface area (Å²) in [4.78, 5) is 12.9. The summed E-state index contributed by atoms with van der Waals surface area (Å²) in [6.07, 6.45) is -4.20. The smallest absolute Gasteiger partial charge is 0.312 e. The highest BCUT2D eigenvalue weighted by Crippen LogP contribution is 2.36. The third kappa shape index (κ3) is 3.39. The number of halogens is 3. The van der Waals surface area contributed by atoms with Crippen molar-refractivity contribution in [2.24, 2.45) is 0 Å². The van der Waals surface area contributed by atoms with E-state index < -0.39 is 27.5 Å². The SMILES string of the molecule is CC(=O)N1CCc2cc(S(=O)(=O)Nc3ccccc3C(F)(F)F)ccc21. The van der Waals surface area contributed by atoms with Crippen LogP contribution in [0.2, 0.25) is 0 Å². The molecule has 26 heavy (non-hydrogen) atoms. The number of alkyl halides is 3. The van der Waals surface area contributed by atoms with Crippen LogP contribution in [0.25, 0.3) is 0 Å². The molecule has 1 N–H and O–H groups in total. The number of hydrogen-bond donors (Lipinski definition) is 1. The van der Waals surface area contributed by atoms with Crippen molar-refractivity contribution < 1.29 is 26.4 Å². The topological polar surface area (TPSA) is 66.5 Å². The molecule has 0 bridgehead atoms. The number of nitrogens with zero attached hydrogens (tertiary/aromatic N) is 1. The van der Waals surface area contributed by atoms with Gasteiger partial charge in [-0.3, -0.25) is 9.52 Å². The van der Waals surface area contributed by atoms with E-state index in [-0.39, 0.29) is 10.8 Å². The van der Waals surface area contributed by atoms with Crippen molar-refractivity contribution in [1.82, 2.24) is 0 Å². The number of benzene rings is 2. The summed E-state index contributed by atoms with van der Waals surface area (Å²) in [5, 5.41) is 0. The minimum Gasteiger partial charge on any atom is -0.312 e. The Morgan fingerprint density at radius 2 is 1.85 bits per heavy atom. The summed E-state index contributed by atoms with van der Waals surface area (Å²) in [5.74, 6) is -0.156. The summed E-state index contributed by atoms with van der Waals surface area (Å²) in [6, 6.07) is 8.53. The van der Waals surface area contributed by atoms with Crippen molar-refractivity contribution in [2.75, 3.05) is 16.2 Å². The largest absolute Gasteiger partial charge is 0.418 e. The number of fused-ring (bicyclic) bond motifs is 1. The number of amides is 1. The molecular formula is C17H15F3N2O3S. The van der Waals surface area contributed by atoms with E-state index in [0.717, 1.165) is 12.1 Å². The van der Waals surface area contributed by atoms with E-state index in [1.165, 1.54) is 42.2 Å². The van der Waals surface area contributed by atoms with Gasteiger partial charge in [0.25, 0.3) is 10.0 Å². The van der Waals surface area contributed by atoms with Gasteiger partial charge in [0.15, 0.2) is 0 Å². The molecule has 1 amide bonds. The van der Waals surface area contributed by atoms with Crippen LogP contribution in [0.5, 0.6) is 0 Å². The lowest BCUT2D eigenvalue weighted by atomic mass is 10.2. The minimum atomic E-state index is -4.68. The van der Waals surface area contributed by atoms with E-state index >= 15 is 0 Å². The van der Waals surface area contributed by atoms with E-state index in [0.29, 0.717) is 24.2 Å². The molecule has 0 aromatic heterocycles. The molecule has 138 valence electrons. The van der Waals surface area contributed by atoms with Crippen LogP contribution in [0.3, 0.4) is 0 Å². The fourth-order valence-electron chi connectivity index (χ4n) is 2.90. The molecule has 0 saturated heterocycles. The van der Waals surface area contributed by atoms with Gasteiger partial charge in [-0.25, -0.2) is 8.42 Å². The van der Waals surface area contributed by atoms with Gasteiger partial charge in [-0.15, -0.1) is 0 Å². The highest BCUT2D eigenvalue weighted by molar-refractivity contribution is 7.92. The first kappa shape index (κ1) is 18.2. The molecule has 1 aliphatic heterocycles. The van der Waals surface area contributed by atoms with Gasteiger partial charge in [-0.05, 0) is 42.3 Å². The van der Waals surface area contributed by atoms with Gasteiger partial charge < -0.3 is 4.90 Å². The predicted molar refractivity (Wildman–Crippen MR) is 90.4 cm³/mol. The Morgan fingerprint density at radius 3 is 2.50 bits per heavy atom. The number of hydrogen-bond acceptors (Lipinski definition) is 3. The van der Waals surface area contributed by atoms with Crippen molar-refractivity contribution in [3.63, 3.8) is 0 Å². The molecule has 0 unspecified atom stereocenters. The van der Waals surface area contributed by atoms with Crippen molar-refractivity contribution in [3.8, 4) is 0 Å². The molecule has 0 atom stereocenters. The molecule has 2 aromatic carbocycles. The first-order valence-electron chi connectivity index (χ1n) is 7.70. The van der Waals surface area contributed by atoms with Gasteiger partial charge in [0, 0.05) is 19.2 Å². The molecule has 5 nitrogen and oxygen atoms in total. The van der Waals surface area contributed by atoms with Gasteiger partial charge in [-0.2, -0.15) is 13.2 Å². The summed E-state index contributed by atoms with van der Waals surface area (Å²) in [6.45, 7) is 1.86. The maximum absolute atomic E-state index is 13.1. The molecule has 3 rings (SSSR count). The highest BCUT2D eigenvalue weighted by atomic mass is 32.2. The number of carbonyl (C=O) groups is 1.